The molecular weight excluding hydrogens is 388 g/mol. The summed E-state index contributed by atoms with van der Waals surface area (Å²) < 4.78 is 0. The van der Waals surface area contributed by atoms with Crippen molar-refractivity contribution in [3.05, 3.63) is 29.8 Å². The number of amides is 5. The number of carbonyl (C=O) groups is 4. The molecule has 0 radical (unpaired) electrons. The van der Waals surface area contributed by atoms with Crippen LogP contribution in [0, 0.1) is 5.92 Å². The zero-order valence-electron chi connectivity index (χ0n) is 17.1. The van der Waals surface area contributed by atoms with Crippen LogP contribution < -0.4 is 16.0 Å². The molecule has 162 valence electrons. The van der Waals surface area contributed by atoms with Gasteiger partial charge in [-0.15, -0.1) is 0 Å². The fourth-order valence-corrected chi connectivity index (χ4v) is 4.11. The first-order chi connectivity index (χ1) is 14.3. The second-order valence-electron chi connectivity index (χ2n) is 7.95. The largest absolute Gasteiger partial charge is 0.508 e. The predicted molar refractivity (Wildman–Crippen MR) is 109 cm³/mol. The minimum atomic E-state index is -0.869. The Morgan fingerprint density at radius 2 is 2.00 bits per heavy atom. The zero-order valence-corrected chi connectivity index (χ0v) is 17.1. The maximum absolute atomic E-state index is 12.8. The minimum absolute atomic E-state index is 0.0137. The van der Waals surface area contributed by atoms with Crippen LogP contribution in [0.1, 0.15) is 49.4 Å². The van der Waals surface area contributed by atoms with Crippen LogP contribution in [0.15, 0.2) is 24.3 Å². The van der Waals surface area contributed by atoms with Crippen molar-refractivity contribution in [3.63, 3.8) is 0 Å². The third-order valence-electron chi connectivity index (χ3n) is 5.87. The van der Waals surface area contributed by atoms with Gasteiger partial charge in [0.1, 0.15) is 17.8 Å². The van der Waals surface area contributed by atoms with Crippen molar-refractivity contribution in [3.8, 4) is 5.75 Å². The Morgan fingerprint density at radius 1 is 1.23 bits per heavy atom. The van der Waals surface area contributed by atoms with E-state index in [-0.39, 0.29) is 30.0 Å². The minimum Gasteiger partial charge on any atom is -0.508 e. The van der Waals surface area contributed by atoms with Gasteiger partial charge in [0.25, 0.3) is 11.8 Å². The molecule has 5 amide bonds. The fraction of sp³-hybridized carbons (Fsp3) is 0.524. The molecular formula is C21H28N4O5. The topological polar surface area (TPSA) is 128 Å². The number of carbonyl (C=O) groups excluding carboxylic acids is 4. The van der Waals surface area contributed by atoms with E-state index in [0.29, 0.717) is 31.5 Å². The highest BCUT2D eigenvalue weighted by Gasteiger charge is 2.55. The van der Waals surface area contributed by atoms with Crippen LogP contribution >= 0.6 is 0 Å². The van der Waals surface area contributed by atoms with Crippen molar-refractivity contribution >= 4 is 23.8 Å². The predicted octanol–water partition coefficient (Wildman–Crippen LogP) is 1.13. The smallest absolute Gasteiger partial charge is 0.325 e. The van der Waals surface area contributed by atoms with E-state index in [1.54, 1.807) is 12.1 Å². The van der Waals surface area contributed by atoms with Gasteiger partial charge in [-0.25, -0.2) is 4.79 Å². The molecule has 2 atom stereocenters. The number of hydrogen-bond acceptors (Lipinski definition) is 5. The van der Waals surface area contributed by atoms with E-state index in [4.69, 9.17) is 0 Å². The van der Waals surface area contributed by atoms with Crippen LogP contribution in [0.5, 0.6) is 5.75 Å². The van der Waals surface area contributed by atoms with Gasteiger partial charge in [-0.3, -0.25) is 19.3 Å². The summed E-state index contributed by atoms with van der Waals surface area (Å²) in [5.74, 6) is -0.985. The first-order valence-corrected chi connectivity index (χ1v) is 10.3. The van der Waals surface area contributed by atoms with E-state index in [0.717, 1.165) is 24.2 Å². The highest BCUT2D eigenvalue weighted by Crippen LogP contribution is 2.38. The number of nitrogens with one attached hydrogen (secondary N) is 3. The van der Waals surface area contributed by atoms with Gasteiger partial charge in [0.2, 0.25) is 5.91 Å². The molecule has 4 N–H and O–H groups in total. The maximum atomic E-state index is 12.8. The van der Waals surface area contributed by atoms with E-state index in [2.05, 4.69) is 16.0 Å². The molecule has 9 nitrogen and oxygen atoms in total. The van der Waals surface area contributed by atoms with Gasteiger partial charge in [-0.2, -0.15) is 0 Å². The molecule has 1 saturated carbocycles. The van der Waals surface area contributed by atoms with Crippen molar-refractivity contribution in [2.45, 2.75) is 44.6 Å². The van der Waals surface area contributed by atoms with Crippen LogP contribution in [0.4, 0.5) is 4.79 Å². The number of aromatic hydroxyl groups is 1. The fourth-order valence-electron chi connectivity index (χ4n) is 4.11. The van der Waals surface area contributed by atoms with Gasteiger partial charge in [0.15, 0.2) is 0 Å². The number of urea groups is 1. The van der Waals surface area contributed by atoms with Crippen LogP contribution in [-0.2, 0) is 9.59 Å². The number of phenolic OH excluding ortho intramolecular Hbond substituents is 1. The molecule has 0 bridgehead atoms. The highest BCUT2D eigenvalue weighted by atomic mass is 16.3. The molecule has 1 aromatic rings. The molecule has 2 unspecified atom stereocenters. The highest BCUT2D eigenvalue weighted by molar-refractivity contribution is 6.09. The third kappa shape index (κ3) is 4.55. The first-order valence-electron chi connectivity index (χ1n) is 10.3. The molecule has 3 rings (SSSR count). The van der Waals surface area contributed by atoms with Gasteiger partial charge in [0, 0.05) is 18.7 Å². The summed E-state index contributed by atoms with van der Waals surface area (Å²) in [7, 11) is 0. The summed E-state index contributed by atoms with van der Waals surface area (Å²) in [6.07, 6.45) is 3.88. The molecule has 9 heteroatoms. The van der Waals surface area contributed by atoms with Crippen molar-refractivity contribution in [1.29, 1.82) is 0 Å². The average molecular weight is 416 g/mol. The quantitative estimate of drug-likeness (QED) is 0.391. The molecule has 1 spiro atoms. The Morgan fingerprint density at radius 3 is 2.73 bits per heavy atom. The van der Waals surface area contributed by atoms with Gasteiger partial charge in [-0.05, 0) is 43.4 Å². The van der Waals surface area contributed by atoms with E-state index in [1.165, 1.54) is 12.1 Å². The van der Waals surface area contributed by atoms with Gasteiger partial charge >= 0.3 is 6.03 Å². The lowest BCUT2D eigenvalue weighted by atomic mass is 9.73. The molecule has 1 aromatic carbocycles. The van der Waals surface area contributed by atoms with Crippen LogP contribution in [0.25, 0.3) is 0 Å². The molecule has 1 heterocycles. The number of rotatable bonds is 7. The molecule has 2 aliphatic rings. The average Bonchev–Trinajstić information content (AvgIpc) is 2.95. The van der Waals surface area contributed by atoms with Crippen molar-refractivity contribution in [1.82, 2.24) is 20.9 Å². The number of benzene rings is 1. The summed E-state index contributed by atoms with van der Waals surface area (Å²) in [4.78, 5) is 50.3. The lowest BCUT2D eigenvalue weighted by Crippen LogP contribution is -2.54. The Hall–Kier alpha value is -3.10. The number of nitrogens with zero attached hydrogens (tertiary/aromatic N) is 1. The lowest BCUT2D eigenvalue weighted by molar-refractivity contribution is -0.137. The molecule has 0 aromatic heterocycles. The lowest BCUT2D eigenvalue weighted by Gasteiger charge is -2.36. The monoisotopic (exact) mass is 416 g/mol. The summed E-state index contributed by atoms with van der Waals surface area (Å²) >= 11 is 0. The summed E-state index contributed by atoms with van der Waals surface area (Å²) in [6, 6.07) is 5.51. The second kappa shape index (κ2) is 9.15. The van der Waals surface area contributed by atoms with Crippen molar-refractivity contribution in [2.24, 2.45) is 5.92 Å². The molecule has 2 fully saturated rings. The van der Waals surface area contributed by atoms with Crippen LogP contribution in [0.3, 0.4) is 0 Å². The SMILES string of the molecule is CC1CCCCC12NC(=O)N(CC(=O)NCCCNC(=O)c1cccc(O)c1)C2=O. The summed E-state index contributed by atoms with van der Waals surface area (Å²) in [6.45, 7) is 2.28. The first kappa shape index (κ1) is 21.6. The van der Waals surface area contributed by atoms with Gasteiger partial charge in [0.05, 0.1) is 0 Å². The molecule has 1 saturated heterocycles. The van der Waals surface area contributed by atoms with Crippen molar-refractivity contribution < 1.29 is 24.3 Å². The Labute approximate surface area is 175 Å². The third-order valence-corrected chi connectivity index (χ3v) is 5.87. The Kier molecular flexibility index (Phi) is 6.59. The molecule has 1 aliphatic carbocycles. The number of hydrogen-bond donors (Lipinski definition) is 4. The summed E-state index contributed by atoms with van der Waals surface area (Å²) in [5.41, 5.74) is -0.519. The number of phenols is 1. The number of imide groups is 1. The van der Waals surface area contributed by atoms with Gasteiger partial charge < -0.3 is 21.1 Å². The Bertz CT molecular complexity index is 842. The van der Waals surface area contributed by atoms with Gasteiger partial charge in [-0.1, -0.05) is 25.8 Å². The van der Waals surface area contributed by atoms with E-state index in [9.17, 15) is 24.3 Å². The second-order valence-corrected chi connectivity index (χ2v) is 7.95. The maximum Gasteiger partial charge on any atom is 0.325 e. The van der Waals surface area contributed by atoms with E-state index in [1.807, 2.05) is 6.92 Å². The standard InChI is InChI=1S/C21H28N4O5/c1-14-6-2-3-9-21(14)19(29)25(20(30)24-21)13-17(27)22-10-5-11-23-18(28)15-7-4-8-16(26)12-15/h4,7-8,12,14,26H,2-3,5-6,9-11,13H2,1H3,(H,22,27)(H,23,28)(H,24,30). The summed E-state index contributed by atoms with van der Waals surface area (Å²) in [5, 5.41) is 17.6. The van der Waals surface area contributed by atoms with E-state index < -0.39 is 17.5 Å². The Balaban J connectivity index is 1.40. The van der Waals surface area contributed by atoms with E-state index >= 15 is 0 Å². The van der Waals surface area contributed by atoms with Crippen LogP contribution in [-0.4, -0.2) is 58.9 Å². The zero-order chi connectivity index (χ0) is 21.7. The van der Waals surface area contributed by atoms with Crippen LogP contribution in [0.2, 0.25) is 0 Å². The molecule has 30 heavy (non-hydrogen) atoms. The van der Waals surface area contributed by atoms with Crippen molar-refractivity contribution in [2.75, 3.05) is 19.6 Å². The molecule has 1 aliphatic heterocycles. The normalized spacial score (nSPS) is 23.4.